The van der Waals surface area contributed by atoms with Crippen LogP contribution in [0.4, 0.5) is 0 Å². The number of rotatable bonds is 9. The van der Waals surface area contributed by atoms with Crippen LogP contribution in [0.5, 0.6) is 0 Å². The maximum absolute atomic E-state index is 11.5. The highest BCUT2D eigenvalue weighted by molar-refractivity contribution is 5.85. The quantitative estimate of drug-likeness (QED) is 0.473. The van der Waals surface area contributed by atoms with Gasteiger partial charge in [-0.15, -0.1) is 5.10 Å². The Kier molecular flexibility index (Phi) is 6.66. The summed E-state index contributed by atoms with van der Waals surface area (Å²) in [5.41, 5.74) is 1.78. The third-order valence-corrected chi connectivity index (χ3v) is 6.08. The Morgan fingerprint density at radius 2 is 2.16 bits per heavy atom. The van der Waals surface area contributed by atoms with E-state index < -0.39 is 0 Å². The van der Waals surface area contributed by atoms with E-state index in [1.54, 1.807) is 4.90 Å². The van der Waals surface area contributed by atoms with Gasteiger partial charge in [0.15, 0.2) is 5.82 Å². The normalized spacial score (nSPS) is 22.0. The summed E-state index contributed by atoms with van der Waals surface area (Å²) in [6.07, 6.45) is 11.0. The molecule has 1 N–H and O–H groups in total. The molecule has 1 amide bonds. The molecule has 164 valence electrons. The van der Waals surface area contributed by atoms with E-state index in [0.717, 1.165) is 50.6 Å². The van der Waals surface area contributed by atoms with Crippen molar-refractivity contribution in [3.8, 4) is 5.82 Å². The number of amides is 1. The topological polar surface area (TPSA) is 115 Å². The van der Waals surface area contributed by atoms with Crippen molar-refractivity contribution in [2.75, 3.05) is 6.61 Å². The molecule has 0 radical (unpaired) electrons. The smallest absolute Gasteiger partial charge is 0.333 e. The van der Waals surface area contributed by atoms with Crippen LogP contribution < -0.4 is 5.32 Å². The largest absolute Gasteiger partial charge is 0.456 e. The fraction of sp³-hybridized carbons (Fsp3) is 0.524. The lowest BCUT2D eigenvalue weighted by Gasteiger charge is -2.33. The second-order valence-electron chi connectivity index (χ2n) is 8.22. The van der Waals surface area contributed by atoms with Gasteiger partial charge in [-0.2, -0.15) is 4.68 Å². The van der Waals surface area contributed by atoms with E-state index in [9.17, 15) is 9.59 Å². The Morgan fingerprint density at radius 1 is 1.32 bits per heavy atom. The standard InChI is InChI=1S/C21H27N7O3/c1-15(27(14-29)19-9-21(30)31-12-19)8-16-2-5-18(6-3-16)22-10-17-4-7-20(23-11-17)28-13-24-25-26-28/h4,7,9,11,13-16,18,22H,2-3,5-6,8,10,12H2,1H3/t15-,16?,18?/m0/s1. The molecule has 2 aromatic rings. The van der Waals surface area contributed by atoms with Crippen LogP contribution in [-0.2, 0) is 20.9 Å². The van der Waals surface area contributed by atoms with Gasteiger partial charge < -0.3 is 15.0 Å². The number of cyclic esters (lactones) is 1. The first-order chi connectivity index (χ1) is 15.1. The maximum Gasteiger partial charge on any atom is 0.333 e. The van der Waals surface area contributed by atoms with E-state index >= 15 is 0 Å². The van der Waals surface area contributed by atoms with Gasteiger partial charge in [0.25, 0.3) is 0 Å². The second-order valence-corrected chi connectivity index (χ2v) is 8.22. The summed E-state index contributed by atoms with van der Waals surface area (Å²) in [5.74, 6) is 0.893. The van der Waals surface area contributed by atoms with Crippen LogP contribution in [-0.4, -0.2) is 61.2 Å². The number of carbonyl (C=O) groups excluding carboxylic acids is 2. The average Bonchev–Trinajstić information content (AvgIpc) is 3.47. The third-order valence-electron chi connectivity index (χ3n) is 6.08. The Labute approximate surface area is 180 Å². The fourth-order valence-corrected chi connectivity index (χ4v) is 4.35. The number of esters is 1. The number of carbonyl (C=O) groups is 2. The van der Waals surface area contributed by atoms with Crippen LogP contribution in [0.2, 0.25) is 0 Å². The van der Waals surface area contributed by atoms with E-state index in [2.05, 4.69) is 25.8 Å². The number of hydrogen-bond donors (Lipinski definition) is 1. The van der Waals surface area contributed by atoms with Crippen molar-refractivity contribution in [3.63, 3.8) is 0 Å². The zero-order chi connectivity index (χ0) is 21.6. The van der Waals surface area contributed by atoms with E-state index in [0.29, 0.717) is 23.5 Å². The minimum absolute atomic E-state index is 0.0533. The molecular formula is C21H27N7O3. The summed E-state index contributed by atoms with van der Waals surface area (Å²) in [7, 11) is 0. The zero-order valence-electron chi connectivity index (χ0n) is 17.6. The number of tetrazole rings is 1. The number of hydrogen-bond acceptors (Lipinski definition) is 8. The number of aromatic nitrogens is 5. The Hall–Kier alpha value is -3.14. The molecular weight excluding hydrogens is 398 g/mol. The van der Waals surface area contributed by atoms with Gasteiger partial charge in [-0.1, -0.05) is 6.07 Å². The van der Waals surface area contributed by atoms with E-state index in [-0.39, 0.29) is 18.6 Å². The minimum Gasteiger partial charge on any atom is -0.456 e. The Balaban J connectivity index is 1.20. The molecule has 1 aliphatic heterocycles. The molecule has 4 rings (SSSR count). The monoisotopic (exact) mass is 425 g/mol. The summed E-state index contributed by atoms with van der Waals surface area (Å²) >= 11 is 0. The molecule has 31 heavy (non-hydrogen) atoms. The maximum atomic E-state index is 11.5. The molecule has 0 unspecified atom stereocenters. The summed E-state index contributed by atoms with van der Waals surface area (Å²) < 4.78 is 6.46. The fourth-order valence-electron chi connectivity index (χ4n) is 4.35. The highest BCUT2D eigenvalue weighted by Gasteiger charge is 2.27. The molecule has 2 aliphatic rings. The van der Waals surface area contributed by atoms with Gasteiger partial charge in [0.2, 0.25) is 6.41 Å². The van der Waals surface area contributed by atoms with Gasteiger partial charge in [-0.25, -0.2) is 9.78 Å². The molecule has 0 saturated heterocycles. The number of nitrogens with one attached hydrogen (secondary N) is 1. The molecule has 1 saturated carbocycles. The lowest BCUT2D eigenvalue weighted by molar-refractivity contribution is -0.135. The average molecular weight is 425 g/mol. The molecule has 10 nitrogen and oxygen atoms in total. The summed E-state index contributed by atoms with van der Waals surface area (Å²) in [6, 6.07) is 4.47. The predicted molar refractivity (Wildman–Crippen MR) is 111 cm³/mol. The summed E-state index contributed by atoms with van der Waals surface area (Å²) in [4.78, 5) is 28.9. The van der Waals surface area contributed by atoms with Crippen LogP contribution in [0.1, 0.15) is 44.6 Å². The first kappa shape index (κ1) is 21.1. The van der Waals surface area contributed by atoms with Crippen LogP contribution in [0, 0.1) is 5.92 Å². The van der Waals surface area contributed by atoms with Crippen LogP contribution in [0.3, 0.4) is 0 Å². The van der Waals surface area contributed by atoms with E-state index in [4.69, 9.17) is 4.74 Å². The van der Waals surface area contributed by atoms with E-state index in [1.807, 2.05) is 25.3 Å². The summed E-state index contributed by atoms with van der Waals surface area (Å²) in [6.45, 7) is 2.99. The zero-order valence-corrected chi connectivity index (χ0v) is 17.6. The molecule has 10 heteroatoms. The van der Waals surface area contributed by atoms with Gasteiger partial charge in [0.05, 0.1) is 5.70 Å². The van der Waals surface area contributed by atoms with Crippen molar-refractivity contribution in [2.24, 2.45) is 5.92 Å². The molecule has 3 heterocycles. The first-order valence-corrected chi connectivity index (χ1v) is 10.6. The molecule has 2 aromatic heterocycles. The molecule has 0 aromatic carbocycles. The lowest BCUT2D eigenvalue weighted by Crippen LogP contribution is -2.36. The minimum atomic E-state index is -0.374. The van der Waals surface area contributed by atoms with Crippen molar-refractivity contribution in [3.05, 3.63) is 42.0 Å². The van der Waals surface area contributed by atoms with Gasteiger partial charge in [0, 0.05) is 30.9 Å². The summed E-state index contributed by atoms with van der Waals surface area (Å²) in [5, 5.41) is 14.7. The number of pyridine rings is 1. The van der Waals surface area contributed by atoms with Gasteiger partial charge in [-0.05, 0) is 67.0 Å². The highest BCUT2D eigenvalue weighted by Crippen LogP contribution is 2.30. The highest BCUT2D eigenvalue weighted by atomic mass is 16.5. The number of ether oxygens (including phenoxy) is 1. The van der Waals surface area contributed by atoms with Gasteiger partial charge in [-0.3, -0.25) is 4.79 Å². The van der Waals surface area contributed by atoms with Crippen LogP contribution >= 0.6 is 0 Å². The SMILES string of the molecule is C[C@@H](CC1CCC(NCc2ccc(-n3cnnn3)nc2)CC1)N(C=O)C1=CC(=O)OC1. The number of nitrogens with zero attached hydrogens (tertiary/aromatic N) is 6. The van der Waals surface area contributed by atoms with E-state index in [1.165, 1.54) is 17.1 Å². The third kappa shape index (κ3) is 5.32. The molecule has 1 atom stereocenters. The molecule has 0 spiro atoms. The molecule has 1 aliphatic carbocycles. The predicted octanol–water partition coefficient (Wildman–Crippen LogP) is 1.38. The molecule has 1 fully saturated rings. The van der Waals surface area contributed by atoms with Crippen LogP contribution in [0.25, 0.3) is 5.82 Å². The first-order valence-electron chi connectivity index (χ1n) is 10.6. The van der Waals surface area contributed by atoms with Crippen molar-refractivity contribution >= 4 is 12.4 Å². The van der Waals surface area contributed by atoms with Crippen molar-refractivity contribution in [1.29, 1.82) is 0 Å². The van der Waals surface area contributed by atoms with Gasteiger partial charge in [0.1, 0.15) is 12.9 Å². The lowest BCUT2D eigenvalue weighted by atomic mass is 9.82. The van der Waals surface area contributed by atoms with Crippen molar-refractivity contribution in [1.82, 2.24) is 35.4 Å². The molecule has 0 bridgehead atoms. The van der Waals surface area contributed by atoms with Crippen LogP contribution in [0.15, 0.2) is 36.4 Å². The van der Waals surface area contributed by atoms with Crippen molar-refractivity contribution < 1.29 is 14.3 Å². The Morgan fingerprint density at radius 3 is 2.77 bits per heavy atom. The Bertz CT molecular complexity index is 906. The van der Waals surface area contributed by atoms with Gasteiger partial charge >= 0.3 is 5.97 Å². The van der Waals surface area contributed by atoms with Crippen molar-refractivity contribution in [2.45, 2.75) is 57.7 Å². The second kappa shape index (κ2) is 9.78.